The molecule has 18 heavy (non-hydrogen) atoms. The van der Waals surface area contributed by atoms with E-state index in [-0.39, 0.29) is 0 Å². The fourth-order valence-corrected chi connectivity index (χ4v) is 3.27. The molecule has 2 N–H and O–H groups in total. The van der Waals surface area contributed by atoms with Gasteiger partial charge in [0.05, 0.1) is 27.6 Å². The standard InChI is InChI=1S/C13H21BrN2O2/c1-9-12(14)10(16(2)15-9)8-11(17)13(18)6-4-3-5-7-13/h11,17-18H,3-8H2,1-2H3. The molecule has 1 fully saturated rings. The number of aliphatic hydroxyl groups is 2. The van der Waals surface area contributed by atoms with Crippen molar-refractivity contribution in [1.29, 1.82) is 0 Å². The highest BCUT2D eigenvalue weighted by Gasteiger charge is 2.37. The first-order chi connectivity index (χ1) is 8.44. The van der Waals surface area contributed by atoms with Gasteiger partial charge < -0.3 is 10.2 Å². The predicted octanol–water partition coefficient (Wildman–Crippen LogP) is 2.09. The molecule has 4 nitrogen and oxygen atoms in total. The second-order valence-corrected chi connectivity index (χ2v) is 6.15. The zero-order valence-corrected chi connectivity index (χ0v) is 12.6. The van der Waals surface area contributed by atoms with E-state index in [1.54, 1.807) is 4.68 Å². The van der Waals surface area contributed by atoms with Crippen molar-refractivity contribution in [3.63, 3.8) is 0 Å². The van der Waals surface area contributed by atoms with Gasteiger partial charge in [0, 0.05) is 13.5 Å². The number of aryl methyl sites for hydroxylation is 2. The Morgan fingerprint density at radius 2 is 2.00 bits per heavy atom. The first-order valence-electron chi connectivity index (χ1n) is 6.52. The van der Waals surface area contributed by atoms with Crippen molar-refractivity contribution in [1.82, 2.24) is 9.78 Å². The number of hydrogen-bond donors (Lipinski definition) is 2. The van der Waals surface area contributed by atoms with Crippen LogP contribution in [-0.2, 0) is 13.5 Å². The van der Waals surface area contributed by atoms with Gasteiger partial charge in [0.1, 0.15) is 0 Å². The number of aromatic nitrogens is 2. The van der Waals surface area contributed by atoms with Crippen LogP contribution in [-0.4, -0.2) is 31.7 Å². The molecule has 0 aliphatic heterocycles. The van der Waals surface area contributed by atoms with Crippen molar-refractivity contribution in [2.75, 3.05) is 0 Å². The number of nitrogens with zero attached hydrogens (tertiary/aromatic N) is 2. The van der Waals surface area contributed by atoms with Gasteiger partial charge in [-0.05, 0) is 35.7 Å². The van der Waals surface area contributed by atoms with Crippen molar-refractivity contribution in [2.45, 2.75) is 57.2 Å². The molecule has 5 heteroatoms. The SMILES string of the molecule is Cc1nn(C)c(CC(O)C2(O)CCCCC2)c1Br. The van der Waals surface area contributed by atoms with Crippen molar-refractivity contribution in [2.24, 2.45) is 7.05 Å². The lowest BCUT2D eigenvalue weighted by atomic mass is 9.79. The quantitative estimate of drug-likeness (QED) is 0.897. The Hall–Kier alpha value is -0.390. The first kappa shape index (κ1) is 14.0. The highest BCUT2D eigenvalue weighted by Crippen LogP contribution is 2.33. The third-order valence-electron chi connectivity index (χ3n) is 3.99. The van der Waals surface area contributed by atoms with Crippen LogP contribution in [0.5, 0.6) is 0 Å². The Morgan fingerprint density at radius 1 is 1.39 bits per heavy atom. The smallest absolute Gasteiger partial charge is 0.0909 e. The predicted molar refractivity (Wildman–Crippen MR) is 73.4 cm³/mol. The van der Waals surface area contributed by atoms with Crippen molar-refractivity contribution >= 4 is 15.9 Å². The molecule has 0 aromatic carbocycles. The lowest BCUT2D eigenvalue weighted by Gasteiger charge is -2.36. The molecular formula is C13H21BrN2O2. The van der Waals surface area contributed by atoms with Gasteiger partial charge in [-0.15, -0.1) is 0 Å². The monoisotopic (exact) mass is 316 g/mol. The molecule has 0 spiro atoms. The third kappa shape index (κ3) is 2.63. The van der Waals surface area contributed by atoms with Gasteiger partial charge in [-0.2, -0.15) is 5.10 Å². The summed E-state index contributed by atoms with van der Waals surface area (Å²) in [5, 5.41) is 25.1. The highest BCUT2D eigenvalue weighted by atomic mass is 79.9. The van der Waals surface area contributed by atoms with E-state index in [4.69, 9.17) is 0 Å². The first-order valence-corrected chi connectivity index (χ1v) is 7.32. The van der Waals surface area contributed by atoms with Gasteiger partial charge in [0.15, 0.2) is 0 Å². The Balaban J connectivity index is 2.13. The summed E-state index contributed by atoms with van der Waals surface area (Å²) in [7, 11) is 1.87. The lowest BCUT2D eigenvalue weighted by molar-refractivity contribution is -0.0966. The van der Waals surface area contributed by atoms with Gasteiger partial charge in [0.2, 0.25) is 0 Å². The second kappa shape index (κ2) is 5.31. The molecule has 1 aromatic heterocycles. The molecule has 1 aromatic rings. The largest absolute Gasteiger partial charge is 0.390 e. The van der Waals surface area contributed by atoms with Crippen LogP contribution in [0.1, 0.15) is 43.5 Å². The molecular weight excluding hydrogens is 296 g/mol. The molecule has 1 aliphatic carbocycles. The van der Waals surface area contributed by atoms with Crippen LogP contribution in [0.25, 0.3) is 0 Å². The van der Waals surface area contributed by atoms with Crippen LogP contribution in [0.15, 0.2) is 4.47 Å². The fourth-order valence-electron chi connectivity index (χ4n) is 2.77. The van der Waals surface area contributed by atoms with E-state index < -0.39 is 11.7 Å². The molecule has 102 valence electrons. The maximum Gasteiger partial charge on any atom is 0.0909 e. The van der Waals surface area contributed by atoms with E-state index in [0.717, 1.165) is 35.1 Å². The van der Waals surface area contributed by atoms with Gasteiger partial charge in [-0.3, -0.25) is 4.68 Å². The van der Waals surface area contributed by atoms with E-state index in [2.05, 4.69) is 21.0 Å². The summed E-state index contributed by atoms with van der Waals surface area (Å²) in [5.41, 5.74) is 0.935. The van der Waals surface area contributed by atoms with Crippen LogP contribution in [0.4, 0.5) is 0 Å². The van der Waals surface area contributed by atoms with E-state index in [1.807, 2.05) is 14.0 Å². The normalized spacial score (nSPS) is 20.9. The van der Waals surface area contributed by atoms with Crippen LogP contribution in [0, 0.1) is 6.92 Å². The number of aliphatic hydroxyl groups excluding tert-OH is 1. The second-order valence-electron chi connectivity index (χ2n) is 5.35. The summed E-state index contributed by atoms with van der Waals surface area (Å²) < 4.78 is 2.71. The van der Waals surface area contributed by atoms with Gasteiger partial charge in [-0.25, -0.2) is 0 Å². The van der Waals surface area contributed by atoms with E-state index in [9.17, 15) is 10.2 Å². The summed E-state index contributed by atoms with van der Waals surface area (Å²) in [6.45, 7) is 1.93. The van der Waals surface area contributed by atoms with Crippen LogP contribution < -0.4 is 0 Å². The summed E-state index contributed by atoms with van der Waals surface area (Å²) in [4.78, 5) is 0. The average molecular weight is 317 g/mol. The van der Waals surface area contributed by atoms with Crippen molar-refractivity contribution < 1.29 is 10.2 Å². The molecule has 0 radical (unpaired) electrons. The average Bonchev–Trinajstić information content (AvgIpc) is 2.57. The maximum absolute atomic E-state index is 10.5. The molecule has 1 unspecified atom stereocenters. The Labute approximate surface area is 116 Å². The van der Waals surface area contributed by atoms with Gasteiger partial charge in [-0.1, -0.05) is 19.3 Å². The summed E-state index contributed by atoms with van der Waals surface area (Å²) in [6, 6.07) is 0. The maximum atomic E-state index is 10.5. The topological polar surface area (TPSA) is 58.3 Å². The number of hydrogen-bond acceptors (Lipinski definition) is 3. The van der Waals surface area contributed by atoms with Crippen molar-refractivity contribution in [3.8, 4) is 0 Å². The Morgan fingerprint density at radius 3 is 2.50 bits per heavy atom. The van der Waals surface area contributed by atoms with Gasteiger partial charge >= 0.3 is 0 Å². The molecule has 0 bridgehead atoms. The zero-order valence-electron chi connectivity index (χ0n) is 11.0. The minimum atomic E-state index is -0.921. The summed E-state index contributed by atoms with van der Waals surface area (Å²) in [5.74, 6) is 0. The molecule has 0 saturated heterocycles. The minimum absolute atomic E-state index is 0.439. The van der Waals surface area contributed by atoms with E-state index in [0.29, 0.717) is 19.3 Å². The molecule has 1 aliphatic rings. The summed E-state index contributed by atoms with van der Waals surface area (Å²) in [6.07, 6.45) is 4.27. The Bertz CT molecular complexity index is 425. The van der Waals surface area contributed by atoms with Gasteiger partial charge in [0.25, 0.3) is 0 Å². The highest BCUT2D eigenvalue weighted by molar-refractivity contribution is 9.10. The van der Waals surface area contributed by atoms with Crippen LogP contribution >= 0.6 is 15.9 Å². The molecule has 0 amide bonds. The van der Waals surface area contributed by atoms with E-state index in [1.165, 1.54) is 0 Å². The minimum Gasteiger partial charge on any atom is -0.390 e. The van der Waals surface area contributed by atoms with E-state index >= 15 is 0 Å². The Kier molecular flexibility index (Phi) is 4.14. The molecule has 2 rings (SSSR count). The zero-order chi connectivity index (χ0) is 13.3. The van der Waals surface area contributed by atoms with Crippen LogP contribution in [0.2, 0.25) is 0 Å². The van der Waals surface area contributed by atoms with Crippen molar-refractivity contribution in [3.05, 3.63) is 15.9 Å². The van der Waals surface area contributed by atoms with Crippen LogP contribution in [0.3, 0.4) is 0 Å². The molecule has 1 atom stereocenters. The summed E-state index contributed by atoms with van der Waals surface area (Å²) >= 11 is 3.50. The third-order valence-corrected chi connectivity index (χ3v) is 5.02. The number of halogens is 1. The lowest BCUT2D eigenvalue weighted by Crippen LogP contribution is -2.45. The molecule has 1 saturated carbocycles. The molecule has 1 heterocycles. The fraction of sp³-hybridized carbons (Fsp3) is 0.769. The number of rotatable bonds is 3.